The van der Waals surface area contributed by atoms with Crippen LogP contribution >= 0.6 is 0 Å². The van der Waals surface area contributed by atoms with Gasteiger partial charge in [-0.15, -0.1) is 0 Å². The van der Waals surface area contributed by atoms with Gasteiger partial charge in [-0.3, -0.25) is 9.69 Å². The first kappa shape index (κ1) is 14.9. The van der Waals surface area contributed by atoms with Crippen molar-refractivity contribution in [3.8, 4) is 0 Å². The third kappa shape index (κ3) is 4.23. The van der Waals surface area contributed by atoms with Gasteiger partial charge in [-0.1, -0.05) is 12.1 Å². The van der Waals surface area contributed by atoms with Crippen molar-refractivity contribution >= 4 is 11.7 Å². The Hall–Kier alpha value is -1.55. The second kappa shape index (κ2) is 6.75. The lowest BCUT2D eigenvalue weighted by Gasteiger charge is -2.32. The highest BCUT2D eigenvalue weighted by atomic mass is 16.5. The molecule has 1 atom stereocenters. The molecule has 2 rings (SSSR count). The van der Waals surface area contributed by atoms with E-state index >= 15 is 0 Å². The fraction of sp³-hybridized carbons (Fsp3) is 0.562. The number of nitrogens with zero attached hydrogens (tertiary/aromatic N) is 2. The molecule has 0 amide bonds. The second-order valence-corrected chi connectivity index (χ2v) is 5.67. The molecule has 0 spiro atoms. The monoisotopic (exact) mass is 276 g/mol. The number of rotatable bonds is 4. The van der Waals surface area contributed by atoms with E-state index in [9.17, 15) is 4.79 Å². The van der Waals surface area contributed by atoms with E-state index in [1.165, 1.54) is 18.2 Å². The normalized spacial score (nSPS) is 19.6. The van der Waals surface area contributed by atoms with Gasteiger partial charge in [0.25, 0.3) is 0 Å². The number of benzene rings is 1. The standard InChI is InChI=1S/C16H24N2O2/c1-13(19)20-16-5-4-10-18(12-16)11-14-6-8-15(9-7-14)17(2)3/h6-9,16H,4-5,10-12H2,1-3H3. The zero-order valence-electron chi connectivity index (χ0n) is 12.6. The highest BCUT2D eigenvalue weighted by Gasteiger charge is 2.21. The van der Waals surface area contributed by atoms with Crippen molar-refractivity contribution in [2.24, 2.45) is 0 Å². The van der Waals surface area contributed by atoms with E-state index in [2.05, 4.69) is 34.1 Å². The molecule has 1 heterocycles. The highest BCUT2D eigenvalue weighted by molar-refractivity contribution is 5.66. The van der Waals surface area contributed by atoms with E-state index < -0.39 is 0 Å². The van der Waals surface area contributed by atoms with Gasteiger partial charge in [0.1, 0.15) is 6.10 Å². The Morgan fingerprint density at radius 1 is 1.35 bits per heavy atom. The summed E-state index contributed by atoms with van der Waals surface area (Å²) in [5, 5.41) is 0. The highest BCUT2D eigenvalue weighted by Crippen LogP contribution is 2.18. The molecule has 0 aromatic heterocycles. The Morgan fingerprint density at radius 3 is 2.65 bits per heavy atom. The zero-order chi connectivity index (χ0) is 14.5. The first-order valence-electron chi connectivity index (χ1n) is 7.20. The summed E-state index contributed by atoms with van der Waals surface area (Å²) >= 11 is 0. The van der Waals surface area contributed by atoms with Crippen LogP contribution in [0.15, 0.2) is 24.3 Å². The molecule has 1 unspecified atom stereocenters. The average molecular weight is 276 g/mol. The van der Waals surface area contributed by atoms with E-state index in [0.29, 0.717) is 0 Å². The lowest BCUT2D eigenvalue weighted by Crippen LogP contribution is -2.39. The van der Waals surface area contributed by atoms with Crippen molar-refractivity contribution in [2.75, 3.05) is 32.1 Å². The second-order valence-electron chi connectivity index (χ2n) is 5.67. The third-order valence-electron chi connectivity index (χ3n) is 3.65. The van der Waals surface area contributed by atoms with Crippen LogP contribution in [0.5, 0.6) is 0 Å². The molecule has 0 saturated carbocycles. The SMILES string of the molecule is CC(=O)OC1CCCN(Cc2ccc(N(C)C)cc2)C1. The van der Waals surface area contributed by atoms with Crippen molar-refractivity contribution in [1.82, 2.24) is 4.90 Å². The number of carbonyl (C=O) groups excluding carboxylic acids is 1. The minimum absolute atomic E-state index is 0.0577. The van der Waals surface area contributed by atoms with E-state index in [4.69, 9.17) is 4.74 Å². The van der Waals surface area contributed by atoms with Crippen LogP contribution < -0.4 is 4.90 Å². The van der Waals surface area contributed by atoms with E-state index in [1.54, 1.807) is 0 Å². The number of hydrogen-bond acceptors (Lipinski definition) is 4. The summed E-state index contributed by atoms with van der Waals surface area (Å²) in [6.07, 6.45) is 2.13. The molecule has 1 aromatic rings. The van der Waals surface area contributed by atoms with Crippen LogP contribution in [0.1, 0.15) is 25.3 Å². The summed E-state index contributed by atoms with van der Waals surface area (Å²) in [7, 11) is 4.09. The molecule has 20 heavy (non-hydrogen) atoms. The summed E-state index contributed by atoms with van der Waals surface area (Å²) in [6.45, 7) is 4.33. The molecule has 0 N–H and O–H groups in total. The Balaban J connectivity index is 1.90. The van der Waals surface area contributed by atoms with Gasteiger partial charge in [0.2, 0.25) is 0 Å². The summed E-state index contributed by atoms with van der Waals surface area (Å²) in [5.74, 6) is -0.174. The summed E-state index contributed by atoms with van der Waals surface area (Å²) in [6, 6.07) is 8.63. The van der Waals surface area contributed by atoms with Crippen LogP contribution in [0.4, 0.5) is 5.69 Å². The van der Waals surface area contributed by atoms with Crippen LogP contribution in [0.2, 0.25) is 0 Å². The third-order valence-corrected chi connectivity index (χ3v) is 3.65. The molecule has 4 heteroatoms. The van der Waals surface area contributed by atoms with Crippen LogP contribution in [0.25, 0.3) is 0 Å². The van der Waals surface area contributed by atoms with Gasteiger partial charge < -0.3 is 9.64 Å². The molecule has 1 aliphatic heterocycles. The van der Waals surface area contributed by atoms with Crippen molar-refractivity contribution in [3.05, 3.63) is 29.8 Å². The lowest BCUT2D eigenvalue weighted by molar-refractivity contribution is -0.148. The topological polar surface area (TPSA) is 32.8 Å². The van der Waals surface area contributed by atoms with Crippen molar-refractivity contribution in [1.29, 1.82) is 0 Å². The minimum Gasteiger partial charge on any atom is -0.461 e. The Labute approximate surface area is 121 Å². The maximum absolute atomic E-state index is 11.0. The predicted octanol–water partition coefficient (Wildman–Crippen LogP) is 2.28. The van der Waals surface area contributed by atoms with E-state index in [0.717, 1.165) is 32.5 Å². The van der Waals surface area contributed by atoms with E-state index in [-0.39, 0.29) is 12.1 Å². The van der Waals surface area contributed by atoms with Gasteiger partial charge in [-0.05, 0) is 37.1 Å². The molecule has 110 valence electrons. The van der Waals surface area contributed by atoms with E-state index in [1.807, 2.05) is 14.1 Å². The van der Waals surface area contributed by atoms with Crippen LogP contribution in [-0.2, 0) is 16.1 Å². The molecular formula is C16H24N2O2. The summed E-state index contributed by atoms with van der Waals surface area (Å²) in [5.41, 5.74) is 2.52. The molecule has 1 saturated heterocycles. The maximum atomic E-state index is 11.0. The average Bonchev–Trinajstić information content (AvgIpc) is 2.39. The number of hydrogen-bond donors (Lipinski definition) is 0. The van der Waals surface area contributed by atoms with Gasteiger partial charge >= 0.3 is 5.97 Å². The largest absolute Gasteiger partial charge is 0.461 e. The molecule has 0 bridgehead atoms. The number of likely N-dealkylation sites (tertiary alicyclic amines) is 1. The number of carbonyl (C=O) groups is 1. The Bertz CT molecular complexity index is 442. The molecule has 1 aromatic carbocycles. The molecule has 0 radical (unpaired) electrons. The summed E-state index contributed by atoms with van der Waals surface area (Å²) in [4.78, 5) is 15.5. The molecular weight excluding hydrogens is 252 g/mol. The smallest absolute Gasteiger partial charge is 0.302 e. The van der Waals surface area contributed by atoms with Gasteiger partial charge in [-0.2, -0.15) is 0 Å². The van der Waals surface area contributed by atoms with Crippen molar-refractivity contribution in [3.63, 3.8) is 0 Å². The number of ether oxygens (including phenoxy) is 1. The quantitative estimate of drug-likeness (QED) is 0.790. The van der Waals surface area contributed by atoms with Gasteiger partial charge in [0.05, 0.1) is 0 Å². The number of anilines is 1. The van der Waals surface area contributed by atoms with Crippen LogP contribution in [0, 0.1) is 0 Å². The Kier molecular flexibility index (Phi) is 5.01. The predicted molar refractivity (Wildman–Crippen MR) is 80.8 cm³/mol. The fourth-order valence-electron chi connectivity index (χ4n) is 2.65. The van der Waals surface area contributed by atoms with Crippen LogP contribution in [0.3, 0.4) is 0 Å². The zero-order valence-corrected chi connectivity index (χ0v) is 12.6. The lowest BCUT2D eigenvalue weighted by atomic mass is 10.1. The first-order valence-corrected chi connectivity index (χ1v) is 7.20. The number of esters is 1. The van der Waals surface area contributed by atoms with Gasteiger partial charge in [0.15, 0.2) is 0 Å². The molecule has 1 aliphatic rings. The maximum Gasteiger partial charge on any atom is 0.302 e. The number of piperidine rings is 1. The summed E-state index contributed by atoms with van der Waals surface area (Å²) < 4.78 is 5.32. The van der Waals surface area contributed by atoms with Crippen LogP contribution in [-0.4, -0.2) is 44.2 Å². The van der Waals surface area contributed by atoms with Crippen molar-refractivity contribution in [2.45, 2.75) is 32.4 Å². The minimum atomic E-state index is -0.174. The molecule has 4 nitrogen and oxygen atoms in total. The van der Waals surface area contributed by atoms with Gasteiger partial charge in [0, 0.05) is 39.8 Å². The van der Waals surface area contributed by atoms with Crippen molar-refractivity contribution < 1.29 is 9.53 Å². The fourth-order valence-corrected chi connectivity index (χ4v) is 2.65. The molecule has 1 fully saturated rings. The Morgan fingerprint density at radius 2 is 2.05 bits per heavy atom. The molecule has 0 aliphatic carbocycles. The van der Waals surface area contributed by atoms with Gasteiger partial charge in [-0.25, -0.2) is 0 Å². The first-order chi connectivity index (χ1) is 9.54.